The highest BCUT2D eigenvalue weighted by molar-refractivity contribution is 5.87. The Hall–Kier alpha value is -3.43. The SMILES string of the molecule is CCOC(=O)C(C)(c1ccc([N+](=O)[O-])c(F)c1)c1ccc([N+](=O)[O-])c(F)c1. The lowest BCUT2D eigenvalue weighted by molar-refractivity contribution is -0.387. The Morgan fingerprint density at radius 1 is 1.00 bits per heavy atom. The van der Waals surface area contributed by atoms with Crippen molar-refractivity contribution in [2.45, 2.75) is 19.3 Å². The van der Waals surface area contributed by atoms with Gasteiger partial charge in [-0.15, -0.1) is 0 Å². The average Bonchev–Trinajstić information content (AvgIpc) is 2.60. The van der Waals surface area contributed by atoms with Gasteiger partial charge in [0, 0.05) is 12.1 Å². The second kappa shape index (κ2) is 7.44. The van der Waals surface area contributed by atoms with Crippen LogP contribution in [0.5, 0.6) is 0 Å². The Bertz CT molecular complexity index is 868. The van der Waals surface area contributed by atoms with Crippen molar-refractivity contribution in [1.82, 2.24) is 0 Å². The van der Waals surface area contributed by atoms with E-state index in [4.69, 9.17) is 4.74 Å². The number of nitrogens with zero attached hydrogens (tertiary/aromatic N) is 2. The molecule has 27 heavy (non-hydrogen) atoms. The predicted octanol–water partition coefficient (Wildman–Crippen LogP) is 3.65. The van der Waals surface area contributed by atoms with Gasteiger partial charge < -0.3 is 4.74 Å². The summed E-state index contributed by atoms with van der Waals surface area (Å²) in [5.74, 6) is -3.24. The first kappa shape index (κ1) is 19.9. The Labute approximate surface area is 151 Å². The molecule has 8 nitrogen and oxygen atoms in total. The van der Waals surface area contributed by atoms with Gasteiger partial charge in [-0.25, -0.2) is 0 Å². The summed E-state index contributed by atoms with van der Waals surface area (Å²) in [6.45, 7) is 2.82. The van der Waals surface area contributed by atoms with E-state index in [2.05, 4.69) is 0 Å². The zero-order valence-electron chi connectivity index (χ0n) is 14.3. The van der Waals surface area contributed by atoms with Crippen LogP contribution in [0.4, 0.5) is 20.2 Å². The lowest BCUT2D eigenvalue weighted by atomic mass is 9.76. The van der Waals surface area contributed by atoms with Crippen LogP contribution < -0.4 is 0 Å². The van der Waals surface area contributed by atoms with Gasteiger partial charge in [-0.3, -0.25) is 25.0 Å². The number of hydrogen-bond donors (Lipinski definition) is 0. The van der Waals surface area contributed by atoms with E-state index < -0.39 is 44.2 Å². The molecule has 0 N–H and O–H groups in total. The molecular formula is C17H14F2N2O6. The number of carbonyl (C=O) groups excluding carboxylic acids is 1. The predicted molar refractivity (Wildman–Crippen MR) is 89.2 cm³/mol. The monoisotopic (exact) mass is 380 g/mol. The number of carbonyl (C=O) groups is 1. The lowest BCUT2D eigenvalue weighted by Crippen LogP contribution is -2.36. The molecule has 0 radical (unpaired) electrons. The molecule has 10 heteroatoms. The lowest BCUT2D eigenvalue weighted by Gasteiger charge is -2.28. The molecule has 0 fully saturated rings. The molecule has 0 aliphatic carbocycles. The summed E-state index contributed by atoms with van der Waals surface area (Å²) in [6.07, 6.45) is 0. The summed E-state index contributed by atoms with van der Waals surface area (Å²) in [4.78, 5) is 32.3. The minimum absolute atomic E-state index is 0.0284. The van der Waals surface area contributed by atoms with E-state index in [0.717, 1.165) is 36.4 Å². The molecule has 0 spiro atoms. The van der Waals surface area contributed by atoms with Crippen LogP contribution in [-0.2, 0) is 14.9 Å². The van der Waals surface area contributed by atoms with Crippen molar-refractivity contribution in [3.05, 3.63) is 79.4 Å². The smallest absolute Gasteiger partial charge is 0.320 e. The number of nitro groups is 2. The van der Waals surface area contributed by atoms with E-state index in [1.807, 2.05) is 0 Å². The topological polar surface area (TPSA) is 113 Å². The highest BCUT2D eigenvalue weighted by atomic mass is 19.1. The van der Waals surface area contributed by atoms with E-state index in [-0.39, 0.29) is 17.7 Å². The summed E-state index contributed by atoms with van der Waals surface area (Å²) in [5.41, 5.74) is -3.39. The molecule has 0 aromatic heterocycles. The van der Waals surface area contributed by atoms with Gasteiger partial charge in [0.15, 0.2) is 0 Å². The fourth-order valence-corrected chi connectivity index (χ4v) is 2.61. The molecule has 142 valence electrons. The fraction of sp³-hybridized carbons (Fsp3) is 0.235. The van der Waals surface area contributed by atoms with Crippen molar-refractivity contribution in [2.75, 3.05) is 6.61 Å². The van der Waals surface area contributed by atoms with Crippen molar-refractivity contribution in [3.8, 4) is 0 Å². The third-order valence-electron chi connectivity index (χ3n) is 4.13. The third-order valence-corrected chi connectivity index (χ3v) is 4.13. The van der Waals surface area contributed by atoms with Gasteiger partial charge in [-0.1, -0.05) is 12.1 Å². The molecular weight excluding hydrogens is 366 g/mol. The first-order chi connectivity index (χ1) is 12.6. The van der Waals surface area contributed by atoms with Crippen molar-refractivity contribution >= 4 is 17.3 Å². The van der Waals surface area contributed by atoms with Gasteiger partial charge in [0.25, 0.3) is 0 Å². The van der Waals surface area contributed by atoms with Crippen molar-refractivity contribution in [3.63, 3.8) is 0 Å². The van der Waals surface area contributed by atoms with E-state index in [1.165, 1.54) is 13.8 Å². The number of ether oxygens (including phenoxy) is 1. The van der Waals surface area contributed by atoms with Gasteiger partial charge in [-0.05, 0) is 37.1 Å². The highest BCUT2D eigenvalue weighted by Crippen LogP contribution is 2.37. The minimum atomic E-state index is -1.75. The second-order valence-corrected chi connectivity index (χ2v) is 5.69. The van der Waals surface area contributed by atoms with Crippen LogP contribution in [0.1, 0.15) is 25.0 Å². The molecule has 0 atom stereocenters. The summed E-state index contributed by atoms with van der Waals surface area (Å²) < 4.78 is 33.2. The summed E-state index contributed by atoms with van der Waals surface area (Å²) in [5, 5.41) is 21.6. The quantitative estimate of drug-likeness (QED) is 0.429. The van der Waals surface area contributed by atoms with Crippen LogP contribution in [0.15, 0.2) is 36.4 Å². The maximum Gasteiger partial charge on any atom is 0.320 e. The van der Waals surface area contributed by atoms with Gasteiger partial charge in [-0.2, -0.15) is 8.78 Å². The molecule has 0 aliphatic heterocycles. The highest BCUT2D eigenvalue weighted by Gasteiger charge is 2.40. The molecule has 0 amide bonds. The normalized spacial score (nSPS) is 11.1. The van der Waals surface area contributed by atoms with Crippen molar-refractivity contribution in [2.24, 2.45) is 0 Å². The zero-order valence-corrected chi connectivity index (χ0v) is 14.3. The van der Waals surface area contributed by atoms with Crippen molar-refractivity contribution < 1.29 is 28.2 Å². The number of nitro benzene ring substituents is 2. The van der Waals surface area contributed by atoms with Crippen LogP contribution in [0.3, 0.4) is 0 Å². The molecule has 0 saturated heterocycles. The maximum absolute atomic E-state index is 14.1. The standard InChI is InChI=1S/C17H14F2N2O6/c1-3-27-16(22)17(2,10-4-6-14(20(23)24)12(18)8-10)11-5-7-15(21(25)26)13(19)9-11/h4-9H,3H2,1-2H3. The molecule has 0 aliphatic rings. The maximum atomic E-state index is 14.1. The largest absolute Gasteiger partial charge is 0.465 e. The minimum Gasteiger partial charge on any atom is -0.465 e. The number of esters is 1. The average molecular weight is 380 g/mol. The molecule has 2 rings (SSSR count). The van der Waals surface area contributed by atoms with Gasteiger partial charge >= 0.3 is 17.3 Å². The van der Waals surface area contributed by atoms with Crippen LogP contribution >= 0.6 is 0 Å². The summed E-state index contributed by atoms with van der Waals surface area (Å²) >= 11 is 0. The zero-order chi connectivity index (χ0) is 20.4. The Balaban J connectivity index is 2.69. The van der Waals surface area contributed by atoms with Crippen LogP contribution in [0, 0.1) is 31.9 Å². The van der Waals surface area contributed by atoms with Gasteiger partial charge in [0.1, 0.15) is 5.41 Å². The van der Waals surface area contributed by atoms with Gasteiger partial charge in [0.05, 0.1) is 16.5 Å². The number of rotatable bonds is 6. The van der Waals surface area contributed by atoms with Gasteiger partial charge in [0.2, 0.25) is 11.6 Å². The molecule has 0 bridgehead atoms. The van der Waals surface area contributed by atoms with Crippen LogP contribution in [-0.4, -0.2) is 22.4 Å². The number of halogens is 2. The second-order valence-electron chi connectivity index (χ2n) is 5.69. The third kappa shape index (κ3) is 3.59. The molecule has 2 aromatic carbocycles. The Morgan fingerprint density at radius 2 is 1.41 bits per heavy atom. The Morgan fingerprint density at radius 3 is 1.70 bits per heavy atom. The molecule has 0 heterocycles. The molecule has 0 saturated carbocycles. The van der Waals surface area contributed by atoms with E-state index >= 15 is 0 Å². The molecule has 2 aromatic rings. The summed E-state index contributed by atoms with van der Waals surface area (Å²) in [7, 11) is 0. The fourth-order valence-electron chi connectivity index (χ4n) is 2.61. The first-order valence-electron chi connectivity index (χ1n) is 7.69. The number of benzene rings is 2. The van der Waals surface area contributed by atoms with Crippen LogP contribution in [0.25, 0.3) is 0 Å². The summed E-state index contributed by atoms with van der Waals surface area (Å²) in [6, 6.07) is 5.63. The molecule has 0 unspecified atom stereocenters. The number of hydrogen-bond acceptors (Lipinski definition) is 6. The van der Waals surface area contributed by atoms with E-state index in [0.29, 0.717) is 0 Å². The van der Waals surface area contributed by atoms with E-state index in [9.17, 15) is 33.8 Å². The first-order valence-corrected chi connectivity index (χ1v) is 7.69. The van der Waals surface area contributed by atoms with Crippen molar-refractivity contribution in [1.29, 1.82) is 0 Å². The Kier molecular flexibility index (Phi) is 5.48. The van der Waals surface area contributed by atoms with E-state index in [1.54, 1.807) is 0 Å². The van der Waals surface area contributed by atoms with Crippen LogP contribution in [0.2, 0.25) is 0 Å².